The Morgan fingerprint density at radius 2 is 1.74 bits per heavy atom. The zero-order chi connectivity index (χ0) is 24.1. The first-order chi connectivity index (χ1) is 17.0. The highest BCUT2D eigenvalue weighted by Crippen LogP contribution is 2.44. The lowest BCUT2D eigenvalue weighted by Gasteiger charge is -2.32. The standard InChI is InChI=1S/C29H33N3O3/c1-30-16-23-15-22(30)17-31(23)26(33)18-32-25-14-21(29(34)35)12-13-24(25)27(19-8-4-2-5-9-19)28(32)20-10-6-3-7-11-20/h3,6-7,10-14,19,22-23H,2,4-5,8-9,15-18H2,1H3,(H,34,35). The highest BCUT2D eigenvalue weighted by Gasteiger charge is 2.43. The SMILES string of the molecule is CN1CC2CC1CN2C(=O)Cn1c(-c2ccccc2)c(C2CCCCC2)c2ccc(C(=O)O)cc21. The summed E-state index contributed by atoms with van der Waals surface area (Å²) < 4.78 is 2.12. The molecule has 35 heavy (non-hydrogen) atoms. The molecule has 2 atom stereocenters. The van der Waals surface area contributed by atoms with Crippen LogP contribution in [0.1, 0.15) is 60.4 Å². The van der Waals surface area contributed by atoms with Crippen LogP contribution in [0.3, 0.4) is 0 Å². The smallest absolute Gasteiger partial charge is 0.335 e. The van der Waals surface area contributed by atoms with Crippen molar-refractivity contribution in [2.75, 3.05) is 20.1 Å². The van der Waals surface area contributed by atoms with Crippen LogP contribution in [0.15, 0.2) is 48.5 Å². The summed E-state index contributed by atoms with van der Waals surface area (Å²) in [7, 11) is 2.14. The third kappa shape index (κ3) is 3.84. The Bertz CT molecular complexity index is 1270. The lowest BCUT2D eigenvalue weighted by molar-refractivity contribution is -0.133. The fraction of sp³-hybridized carbons (Fsp3) is 0.448. The van der Waals surface area contributed by atoms with Crippen molar-refractivity contribution in [2.24, 2.45) is 0 Å². The first kappa shape index (κ1) is 22.4. The third-order valence-corrected chi connectivity index (χ3v) is 8.54. The average molecular weight is 472 g/mol. The van der Waals surface area contributed by atoms with Crippen LogP contribution < -0.4 is 0 Å². The molecule has 6 rings (SSSR count). The maximum atomic E-state index is 13.7. The van der Waals surface area contributed by atoms with Crippen molar-refractivity contribution < 1.29 is 14.7 Å². The number of aromatic nitrogens is 1. The van der Waals surface area contributed by atoms with Gasteiger partial charge in [-0.2, -0.15) is 0 Å². The van der Waals surface area contributed by atoms with E-state index in [9.17, 15) is 14.7 Å². The van der Waals surface area contributed by atoms with E-state index in [1.54, 1.807) is 12.1 Å². The lowest BCUT2D eigenvalue weighted by atomic mass is 9.82. The number of rotatable bonds is 5. The van der Waals surface area contributed by atoms with Crippen molar-refractivity contribution in [3.05, 3.63) is 59.7 Å². The summed E-state index contributed by atoms with van der Waals surface area (Å²) in [5, 5.41) is 10.8. The first-order valence-corrected chi connectivity index (χ1v) is 13.0. The van der Waals surface area contributed by atoms with Crippen molar-refractivity contribution >= 4 is 22.8 Å². The Hall–Kier alpha value is -3.12. The van der Waals surface area contributed by atoms with E-state index in [0.29, 0.717) is 12.0 Å². The summed E-state index contributed by atoms with van der Waals surface area (Å²) in [6.07, 6.45) is 7.01. The van der Waals surface area contributed by atoms with Crippen molar-refractivity contribution in [3.63, 3.8) is 0 Å². The molecule has 0 spiro atoms. The molecule has 6 heteroatoms. The molecular weight excluding hydrogens is 438 g/mol. The van der Waals surface area contributed by atoms with Crippen LogP contribution in [0.4, 0.5) is 0 Å². The van der Waals surface area contributed by atoms with E-state index in [2.05, 4.69) is 33.5 Å². The number of amides is 1. The summed E-state index contributed by atoms with van der Waals surface area (Å²) in [6.45, 7) is 1.96. The van der Waals surface area contributed by atoms with Crippen molar-refractivity contribution in [2.45, 2.75) is 63.1 Å². The fourth-order valence-corrected chi connectivity index (χ4v) is 6.78. The molecule has 1 amide bonds. The Balaban J connectivity index is 1.51. The number of carbonyl (C=O) groups excluding carboxylic acids is 1. The fourth-order valence-electron chi connectivity index (χ4n) is 6.78. The summed E-state index contributed by atoms with van der Waals surface area (Å²) in [5.41, 5.74) is 4.60. The zero-order valence-electron chi connectivity index (χ0n) is 20.3. The van der Waals surface area contributed by atoms with E-state index >= 15 is 0 Å². The van der Waals surface area contributed by atoms with Crippen LogP contribution in [-0.4, -0.2) is 63.6 Å². The molecule has 182 valence electrons. The minimum absolute atomic E-state index is 0.135. The molecule has 1 saturated carbocycles. The molecule has 1 aliphatic carbocycles. The van der Waals surface area contributed by atoms with E-state index in [1.165, 1.54) is 24.8 Å². The van der Waals surface area contributed by atoms with Gasteiger partial charge >= 0.3 is 5.97 Å². The van der Waals surface area contributed by atoms with Gasteiger partial charge in [0.1, 0.15) is 6.54 Å². The number of hydrogen-bond donors (Lipinski definition) is 1. The van der Waals surface area contributed by atoms with Gasteiger partial charge in [0.25, 0.3) is 0 Å². The average Bonchev–Trinajstić information content (AvgIpc) is 3.55. The molecule has 6 nitrogen and oxygen atoms in total. The predicted molar refractivity (Wildman–Crippen MR) is 137 cm³/mol. The Kier molecular flexibility index (Phi) is 5.64. The van der Waals surface area contributed by atoms with Crippen molar-refractivity contribution in [1.82, 2.24) is 14.4 Å². The van der Waals surface area contributed by atoms with E-state index in [4.69, 9.17) is 0 Å². The number of carbonyl (C=O) groups is 2. The predicted octanol–water partition coefficient (Wildman–Crippen LogP) is 4.97. The van der Waals surface area contributed by atoms with Gasteiger partial charge in [-0.05, 0) is 55.5 Å². The minimum atomic E-state index is -0.939. The summed E-state index contributed by atoms with van der Waals surface area (Å²) in [6, 6.07) is 16.5. The molecule has 1 N–H and O–H groups in total. The molecule has 3 fully saturated rings. The Morgan fingerprint density at radius 3 is 2.40 bits per heavy atom. The molecule has 2 saturated heterocycles. The zero-order valence-corrected chi connectivity index (χ0v) is 20.3. The number of likely N-dealkylation sites (N-methyl/N-ethyl adjacent to an activating group) is 1. The highest BCUT2D eigenvalue weighted by atomic mass is 16.4. The van der Waals surface area contributed by atoms with Crippen LogP contribution in [-0.2, 0) is 11.3 Å². The topological polar surface area (TPSA) is 65.8 Å². The number of piperazine rings is 1. The maximum absolute atomic E-state index is 13.7. The van der Waals surface area contributed by atoms with Gasteiger partial charge < -0.3 is 14.6 Å². The van der Waals surface area contributed by atoms with Crippen LogP contribution in [0, 0.1) is 0 Å². The molecule has 1 aromatic heterocycles. The Morgan fingerprint density at radius 1 is 0.971 bits per heavy atom. The van der Waals surface area contributed by atoms with Gasteiger partial charge in [0, 0.05) is 30.6 Å². The van der Waals surface area contributed by atoms with E-state index < -0.39 is 5.97 Å². The van der Waals surface area contributed by atoms with Crippen molar-refractivity contribution in [3.8, 4) is 11.3 Å². The molecule has 3 aromatic rings. The second-order valence-corrected chi connectivity index (χ2v) is 10.6. The number of likely N-dealkylation sites (tertiary alicyclic amines) is 2. The largest absolute Gasteiger partial charge is 0.478 e. The minimum Gasteiger partial charge on any atom is -0.478 e. The second kappa shape index (κ2) is 8.83. The third-order valence-electron chi connectivity index (χ3n) is 8.54. The first-order valence-electron chi connectivity index (χ1n) is 13.0. The summed E-state index contributed by atoms with van der Waals surface area (Å²) >= 11 is 0. The number of hydrogen-bond acceptors (Lipinski definition) is 3. The monoisotopic (exact) mass is 471 g/mol. The quantitative estimate of drug-likeness (QED) is 0.571. The summed E-state index contributed by atoms with van der Waals surface area (Å²) in [4.78, 5) is 30.0. The number of benzene rings is 2. The molecular formula is C29H33N3O3. The van der Waals surface area contributed by atoms with Gasteiger partial charge in [0.2, 0.25) is 5.91 Å². The van der Waals surface area contributed by atoms with Gasteiger partial charge in [0.15, 0.2) is 0 Å². The number of carboxylic acids is 1. The molecule has 2 bridgehead atoms. The molecule has 3 heterocycles. The Labute approximate surface area is 206 Å². The molecule has 3 aliphatic rings. The van der Waals surface area contributed by atoms with Gasteiger partial charge in [-0.25, -0.2) is 4.79 Å². The van der Waals surface area contributed by atoms with Crippen molar-refractivity contribution in [1.29, 1.82) is 0 Å². The van der Waals surface area contributed by atoms with Gasteiger partial charge in [-0.1, -0.05) is 55.7 Å². The lowest BCUT2D eigenvalue weighted by Crippen LogP contribution is -2.48. The van der Waals surface area contributed by atoms with Crippen LogP contribution in [0.2, 0.25) is 0 Å². The number of aromatic carboxylic acids is 1. The maximum Gasteiger partial charge on any atom is 0.335 e. The van der Waals surface area contributed by atoms with Gasteiger partial charge in [0.05, 0.1) is 16.8 Å². The number of carboxylic acid groups (broad SMARTS) is 1. The number of nitrogens with zero attached hydrogens (tertiary/aromatic N) is 3. The van der Waals surface area contributed by atoms with Gasteiger partial charge in [-0.3, -0.25) is 9.69 Å². The number of fused-ring (bicyclic) bond motifs is 3. The molecule has 2 aliphatic heterocycles. The van der Waals surface area contributed by atoms with Crippen LogP contribution >= 0.6 is 0 Å². The van der Waals surface area contributed by atoms with Gasteiger partial charge in [-0.15, -0.1) is 0 Å². The van der Waals surface area contributed by atoms with E-state index in [0.717, 1.165) is 54.5 Å². The van der Waals surface area contributed by atoms with Crippen LogP contribution in [0.5, 0.6) is 0 Å². The second-order valence-electron chi connectivity index (χ2n) is 10.6. The van der Waals surface area contributed by atoms with E-state index in [1.807, 2.05) is 24.3 Å². The van der Waals surface area contributed by atoms with E-state index in [-0.39, 0.29) is 24.1 Å². The summed E-state index contributed by atoms with van der Waals surface area (Å²) in [5.74, 6) is -0.383. The van der Waals surface area contributed by atoms with Crippen LogP contribution in [0.25, 0.3) is 22.2 Å². The highest BCUT2D eigenvalue weighted by molar-refractivity contribution is 5.99. The molecule has 0 radical (unpaired) electrons. The molecule has 2 aromatic carbocycles. The normalized spacial score (nSPS) is 22.8. The molecule has 2 unspecified atom stereocenters.